The third-order valence-electron chi connectivity index (χ3n) is 2.36. The average Bonchev–Trinajstić information content (AvgIpc) is 2.33. The topological polar surface area (TPSA) is 86.5 Å². The van der Waals surface area contributed by atoms with E-state index >= 15 is 0 Å². The Kier molecular flexibility index (Phi) is 5.38. The molecule has 0 N–H and O–H groups in total. The summed E-state index contributed by atoms with van der Waals surface area (Å²) >= 11 is 5.46. The molecule has 0 saturated heterocycles. The maximum absolute atomic E-state index is 11.3. The summed E-state index contributed by atoms with van der Waals surface area (Å²) < 4.78 is 27.9. The second-order valence-electron chi connectivity index (χ2n) is 4.02. The molecular weight excluding hydrogens is 329 g/mol. The molecule has 1 rings (SSSR count). The summed E-state index contributed by atoms with van der Waals surface area (Å²) in [6.07, 6.45) is 0. The van der Waals surface area contributed by atoms with Gasteiger partial charge in [0, 0.05) is 22.3 Å². The lowest BCUT2D eigenvalue weighted by molar-refractivity contribution is -0.386. The summed E-state index contributed by atoms with van der Waals surface area (Å²) in [7, 11) is 1.16. The summed E-state index contributed by atoms with van der Waals surface area (Å²) in [4.78, 5) is 9.92. The lowest BCUT2D eigenvalue weighted by Gasteiger charge is -2.09. The number of ether oxygens (including phenoxy) is 1. The summed E-state index contributed by atoms with van der Waals surface area (Å²) in [5.74, 6) is -0.0468. The van der Waals surface area contributed by atoms with E-state index in [1.54, 1.807) is 6.92 Å². The molecular formula is C11H11Cl2NO5S. The van der Waals surface area contributed by atoms with Crippen LogP contribution in [0.2, 0.25) is 0 Å². The molecule has 0 atom stereocenters. The molecule has 20 heavy (non-hydrogen) atoms. The van der Waals surface area contributed by atoms with Gasteiger partial charge < -0.3 is 4.74 Å². The minimum Gasteiger partial charge on any atom is -0.482 e. The number of aryl methyl sites for hydroxylation is 1. The van der Waals surface area contributed by atoms with E-state index in [0.29, 0.717) is 5.57 Å². The maximum atomic E-state index is 11.3. The number of benzene rings is 1. The predicted molar refractivity (Wildman–Crippen MR) is 76.0 cm³/mol. The highest BCUT2D eigenvalue weighted by Gasteiger charge is 2.23. The lowest BCUT2D eigenvalue weighted by atomic mass is 10.2. The van der Waals surface area contributed by atoms with Gasteiger partial charge in [0.1, 0.15) is 6.61 Å². The Morgan fingerprint density at radius 2 is 2.10 bits per heavy atom. The molecule has 0 aliphatic heterocycles. The van der Waals surface area contributed by atoms with E-state index in [4.69, 9.17) is 27.0 Å². The Morgan fingerprint density at radius 3 is 2.55 bits per heavy atom. The lowest BCUT2D eigenvalue weighted by Crippen LogP contribution is -2.04. The zero-order valence-electron chi connectivity index (χ0n) is 10.6. The van der Waals surface area contributed by atoms with Crippen LogP contribution in [0.5, 0.6) is 5.75 Å². The molecule has 1 aromatic rings. The Morgan fingerprint density at radius 1 is 1.50 bits per heavy atom. The van der Waals surface area contributed by atoms with Crippen LogP contribution < -0.4 is 4.74 Å². The van der Waals surface area contributed by atoms with Gasteiger partial charge in [0.15, 0.2) is 5.75 Å². The van der Waals surface area contributed by atoms with Crippen molar-refractivity contribution in [1.82, 2.24) is 0 Å². The van der Waals surface area contributed by atoms with Gasteiger partial charge in [-0.25, -0.2) is 8.42 Å². The highest BCUT2D eigenvalue weighted by atomic mass is 35.7. The van der Waals surface area contributed by atoms with Crippen LogP contribution in [0.15, 0.2) is 28.1 Å². The summed E-state index contributed by atoms with van der Waals surface area (Å²) in [6, 6.07) is 2.14. The molecule has 0 aliphatic rings. The smallest absolute Gasteiger partial charge is 0.312 e. The third-order valence-corrected chi connectivity index (χ3v) is 4.19. The average molecular weight is 340 g/mol. The van der Waals surface area contributed by atoms with Crippen LogP contribution in [0.1, 0.15) is 12.5 Å². The van der Waals surface area contributed by atoms with Crippen LogP contribution in [0.4, 0.5) is 5.69 Å². The van der Waals surface area contributed by atoms with E-state index in [2.05, 4.69) is 0 Å². The third kappa shape index (κ3) is 4.09. The zero-order chi connectivity index (χ0) is 15.5. The van der Waals surface area contributed by atoms with Gasteiger partial charge in [-0.15, -0.1) is 0 Å². The Bertz CT molecular complexity index is 670. The predicted octanol–water partition coefficient (Wildman–Crippen LogP) is 3.35. The molecule has 1 aromatic carbocycles. The van der Waals surface area contributed by atoms with Gasteiger partial charge in [0.2, 0.25) is 0 Å². The molecule has 0 aromatic heterocycles. The van der Waals surface area contributed by atoms with Crippen LogP contribution in [-0.2, 0) is 9.05 Å². The molecule has 0 aliphatic carbocycles. The molecule has 0 unspecified atom stereocenters. The van der Waals surface area contributed by atoms with Crippen molar-refractivity contribution >= 4 is 37.0 Å². The molecule has 6 nitrogen and oxygen atoms in total. The fourth-order valence-corrected chi connectivity index (χ4v) is 2.65. The molecule has 0 radical (unpaired) electrons. The van der Waals surface area contributed by atoms with Crippen molar-refractivity contribution in [2.45, 2.75) is 18.7 Å². The van der Waals surface area contributed by atoms with E-state index in [0.717, 1.165) is 6.07 Å². The van der Waals surface area contributed by atoms with Crippen molar-refractivity contribution in [2.75, 3.05) is 6.61 Å². The quantitative estimate of drug-likeness (QED) is 0.466. The number of nitrogens with zero attached hydrogens (tertiary/aromatic N) is 1. The second kappa shape index (κ2) is 6.43. The first-order chi connectivity index (χ1) is 9.16. The van der Waals surface area contributed by atoms with Gasteiger partial charge in [-0.2, -0.15) is 0 Å². The Hall–Kier alpha value is -1.31. The molecule has 0 heterocycles. The van der Waals surface area contributed by atoms with Crippen LogP contribution in [0.25, 0.3) is 0 Å². The number of nitro benzene ring substituents is 1. The summed E-state index contributed by atoms with van der Waals surface area (Å²) in [5.41, 5.74) is 1.73. The fraction of sp³-hybridized carbons (Fsp3) is 0.273. The number of halogens is 2. The second-order valence-corrected chi connectivity index (χ2v) is 6.78. The van der Waals surface area contributed by atoms with E-state index in [-0.39, 0.29) is 22.8 Å². The molecule has 0 bridgehead atoms. The van der Waals surface area contributed by atoms with Crippen LogP contribution in [0.3, 0.4) is 0 Å². The van der Waals surface area contributed by atoms with E-state index in [1.165, 1.54) is 18.5 Å². The van der Waals surface area contributed by atoms with Gasteiger partial charge in [0.25, 0.3) is 9.05 Å². The van der Waals surface area contributed by atoms with Crippen molar-refractivity contribution < 1.29 is 18.1 Å². The fourth-order valence-electron chi connectivity index (χ4n) is 1.39. The van der Waals surface area contributed by atoms with E-state index in [1.807, 2.05) is 0 Å². The molecule has 0 spiro atoms. The molecule has 110 valence electrons. The minimum absolute atomic E-state index is 0.0468. The Labute approximate surface area is 125 Å². The molecule has 9 heteroatoms. The number of hydrogen-bond acceptors (Lipinski definition) is 5. The number of nitro groups is 1. The molecule has 0 fully saturated rings. The van der Waals surface area contributed by atoms with Crippen molar-refractivity contribution in [3.63, 3.8) is 0 Å². The summed E-state index contributed by atoms with van der Waals surface area (Å²) in [5, 5.41) is 11.0. The van der Waals surface area contributed by atoms with Crippen molar-refractivity contribution in [3.05, 3.63) is 38.9 Å². The zero-order valence-corrected chi connectivity index (χ0v) is 12.9. The van der Waals surface area contributed by atoms with Crippen molar-refractivity contribution in [1.29, 1.82) is 0 Å². The first-order valence-corrected chi connectivity index (χ1v) is 8.03. The van der Waals surface area contributed by atoms with Gasteiger partial charge in [-0.05, 0) is 31.1 Å². The van der Waals surface area contributed by atoms with Gasteiger partial charge >= 0.3 is 5.69 Å². The maximum Gasteiger partial charge on any atom is 0.312 e. The SMILES string of the molecule is C/C(=C\Cl)COc1cc(C)c(S(=O)(=O)Cl)cc1[N+](=O)[O-]. The monoisotopic (exact) mass is 339 g/mol. The van der Waals surface area contributed by atoms with Gasteiger partial charge in [-0.3, -0.25) is 10.1 Å². The molecule has 0 saturated carbocycles. The largest absolute Gasteiger partial charge is 0.482 e. The Balaban J connectivity index is 3.32. The first-order valence-electron chi connectivity index (χ1n) is 5.29. The number of hydrogen-bond donors (Lipinski definition) is 0. The number of rotatable bonds is 5. The highest BCUT2D eigenvalue weighted by Crippen LogP contribution is 2.34. The van der Waals surface area contributed by atoms with Crippen LogP contribution >= 0.6 is 22.3 Å². The van der Waals surface area contributed by atoms with E-state index < -0.39 is 19.7 Å². The molecule has 0 amide bonds. The van der Waals surface area contributed by atoms with Crippen LogP contribution in [-0.4, -0.2) is 19.9 Å². The highest BCUT2D eigenvalue weighted by molar-refractivity contribution is 8.13. The first kappa shape index (κ1) is 16.7. The standard InChI is InChI=1S/C11H11Cl2NO5S/c1-7(5-12)6-19-10-3-8(2)11(20(13,17)18)4-9(10)14(15)16/h3-5H,6H2,1-2H3/b7-5+. The minimum atomic E-state index is -4.06. The van der Waals surface area contributed by atoms with Gasteiger partial charge in [0.05, 0.1) is 9.82 Å². The summed E-state index contributed by atoms with van der Waals surface area (Å²) in [6.45, 7) is 3.20. The van der Waals surface area contributed by atoms with Crippen molar-refractivity contribution in [2.24, 2.45) is 0 Å². The normalized spacial score (nSPS) is 12.3. The van der Waals surface area contributed by atoms with Crippen LogP contribution in [0, 0.1) is 17.0 Å². The van der Waals surface area contributed by atoms with Crippen molar-refractivity contribution in [3.8, 4) is 5.75 Å². The van der Waals surface area contributed by atoms with Gasteiger partial charge in [-0.1, -0.05) is 11.6 Å². The van der Waals surface area contributed by atoms with E-state index in [9.17, 15) is 18.5 Å².